The normalized spacial score (nSPS) is 9.18. The molecular formula is C7H12BrO2Zn-. The van der Waals surface area contributed by atoms with Gasteiger partial charge >= 0.3 is 5.97 Å². The van der Waals surface area contributed by atoms with E-state index in [1.54, 1.807) is 19.9 Å². The maximum Gasteiger partial charge on any atom is 0.333 e. The topological polar surface area (TPSA) is 26.3 Å². The molecule has 2 nitrogen and oxygen atoms in total. The molecule has 0 bridgehead atoms. The molecule has 0 aromatic carbocycles. The van der Waals surface area contributed by atoms with Gasteiger partial charge in [0.05, 0.1) is 6.61 Å². The fourth-order valence-electron chi connectivity index (χ4n) is 0.363. The first kappa shape index (κ1) is 17.4. The zero-order chi connectivity index (χ0) is 7.28. The van der Waals surface area contributed by atoms with Crippen LogP contribution >= 0.6 is 0 Å². The van der Waals surface area contributed by atoms with E-state index < -0.39 is 0 Å². The number of hydrogen-bond donors (Lipinski definition) is 0. The van der Waals surface area contributed by atoms with Crippen LogP contribution in [0.1, 0.15) is 20.8 Å². The summed E-state index contributed by atoms with van der Waals surface area (Å²) in [5.74, 6) is -0.222. The molecule has 0 aliphatic heterocycles. The predicted octanol–water partition coefficient (Wildman–Crippen LogP) is -1.48. The van der Waals surface area contributed by atoms with E-state index in [4.69, 9.17) is 0 Å². The second-order valence-corrected chi connectivity index (χ2v) is 1.69. The van der Waals surface area contributed by atoms with Gasteiger partial charge in [0, 0.05) is 25.1 Å². The molecule has 0 saturated carbocycles. The van der Waals surface area contributed by atoms with E-state index in [9.17, 15) is 4.79 Å². The van der Waals surface area contributed by atoms with Gasteiger partial charge in [-0.1, -0.05) is 6.08 Å². The van der Waals surface area contributed by atoms with Crippen molar-refractivity contribution in [2.24, 2.45) is 0 Å². The van der Waals surface area contributed by atoms with Gasteiger partial charge in [0.25, 0.3) is 0 Å². The van der Waals surface area contributed by atoms with E-state index in [1.807, 2.05) is 6.92 Å². The van der Waals surface area contributed by atoms with Crippen LogP contribution in [0.3, 0.4) is 0 Å². The maximum atomic E-state index is 10.7. The first-order valence-electron chi connectivity index (χ1n) is 3.02. The van der Waals surface area contributed by atoms with Crippen molar-refractivity contribution in [1.82, 2.24) is 0 Å². The van der Waals surface area contributed by atoms with Crippen LogP contribution in [0.25, 0.3) is 0 Å². The Morgan fingerprint density at radius 3 is 2.27 bits per heavy atom. The Morgan fingerprint density at radius 2 is 2.00 bits per heavy atom. The fraction of sp³-hybridized carbons (Fsp3) is 0.571. The van der Waals surface area contributed by atoms with E-state index >= 15 is 0 Å². The summed E-state index contributed by atoms with van der Waals surface area (Å²) in [5, 5.41) is 0. The van der Waals surface area contributed by atoms with Crippen molar-refractivity contribution in [3.05, 3.63) is 11.6 Å². The SMILES string of the molecule is C/C=C(/C)C(=O)OCC.[Br-].[Zn]. The molecule has 0 amide bonds. The van der Waals surface area contributed by atoms with Crippen molar-refractivity contribution in [3.63, 3.8) is 0 Å². The Labute approximate surface area is 90.9 Å². The Morgan fingerprint density at radius 1 is 1.55 bits per heavy atom. The molecule has 62 valence electrons. The minimum absolute atomic E-state index is 0. The van der Waals surface area contributed by atoms with Crippen molar-refractivity contribution in [1.29, 1.82) is 0 Å². The molecule has 0 fully saturated rings. The van der Waals surface area contributed by atoms with Gasteiger partial charge in [0.2, 0.25) is 0 Å². The smallest absolute Gasteiger partial charge is 0.333 e. The van der Waals surface area contributed by atoms with Crippen LogP contribution in [-0.2, 0) is 29.0 Å². The Hall–Kier alpha value is 0.313. The number of carbonyl (C=O) groups excluding carboxylic acids is 1. The van der Waals surface area contributed by atoms with Gasteiger partial charge in [-0.25, -0.2) is 4.79 Å². The Kier molecular flexibility index (Phi) is 16.3. The van der Waals surface area contributed by atoms with Crippen molar-refractivity contribution in [3.8, 4) is 0 Å². The van der Waals surface area contributed by atoms with E-state index in [-0.39, 0.29) is 42.4 Å². The third kappa shape index (κ3) is 8.22. The summed E-state index contributed by atoms with van der Waals surface area (Å²) in [6, 6.07) is 0. The van der Waals surface area contributed by atoms with Gasteiger partial charge in [-0.3, -0.25) is 0 Å². The second-order valence-electron chi connectivity index (χ2n) is 1.69. The van der Waals surface area contributed by atoms with Gasteiger partial charge < -0.3 is 21.7 Å². The summed E-state index contributed by atoms with van der Waals surface area (Å²) >= 11 is 0. The van der Waals surface area contributed by atoms with Gasteiger partial charge in [0.1, 0.15) is 0 Å². The van der Waals surface area contributed by atoms with Crippen molar-refractivity contribution in [2.45, 2.75) is 20.8 Å². The molecular weight excluding hydrogens is 261 g/mol. The maximum absolute atomic E-state index is 10.7. The molecule has 11 heavy (non-hydrogen) atoms. The number of ether oxygens (including phenoxy) is 1. The molecule has 0 aliphatic carbocycles. The number of rotatable bonds is 2. The molecule has 0 radical (unpaired) electrons. The fourth-order valence-corrected chi connectivity index (χ4v) is 0.363. The quantitative estimate of drug-likeness (QED) is 0.348. The van der Waals surface area contributed by atoms with Crippen LogP contribution in [-0.4, -0.2) is 12.6 Å². The molecule has 0 aromatic heterocycles. The van der Waals surface area contributed by atoms with Crippen LogP contribution in [0.5, 0.6) is 0 Å². The zero-order valence-electron chi connectivity index (χ0n) is 7.19. The third-order valence-corrected chi connectivity index (χ3v) is 1.03. The number of carbonyl (C=O) groups is 1. The molecule has 0 unspecified atom stereocenters. The third-order valence-electron chi connectivity index (χ3n) is 1.03. The monoisotopic (exact) mass is 271 g/mol. The first-order chi connectivity index (χ1) is 4.22. The standard InChI is InChI=1S/C7H12O2.BrH.Zn/c1-4-6(3)7(8)9-5-2;;/h4H,5H2,1-3H3;1H;/p-1/b6-4-;;. The van der Waals surface area contributed by atoms with Crippen LogP contribution in [0.15, 0.2) is 11.6 Å². The summed E-state index contributed by atoms with van der Waals surface area (Å²) in [6.07, 6.45) is 1.73. The van der Waals surface area contributed by atoms with Crippen LogP contribution in [0.4, 0.5) is 0 Å². The zero-order valence-corrected chi connectivity index (χ0v) is 11.7. The average molecular weight is 273 g/mol. The Bertz CT molecular complexity index is 134. The summed E-state index contributed by atoms with van der Waals surface area (Å²) in [7, 11) is 0. The molecule has 0 spiro atoms. The number of esters is 1. The molecule has 0 aromatic rings. The molecule has 0 saturated heterocycles. The van der Waals surface area contributed by atoms with E-state index in [0.717, 1.165) is 0 Å². The predicted molar refractivity (Wildman–Crippen MR) is 36.1 cm³/mol. The van der Waals surface area contributed by atoms with Gasteiger partial charge in [-0.2, -0.15) is 0 Å². The molecule has 0 rings (SSSR count). The van der Waals surface area contributed by atoms with Crippen molar-refractivity contribution in [2.75, 3.05) is 6.61 Å². The summed E-state index contributed by atoms with van der Waals surface area (Å²) in [5.41, 5.74) is 0.664. The van der Waals surface area contributed by atoms with Gasteiger partial charge in [0.15, 0.2) is 0 Å². The van der Waals surface area contributed by atoms with E-state index in [0.29, 0.717) is 12.2 Å². The second kappa shape index (κ2) is 10.3. The van der Waals surface area contributed by atoms with Crippen molar-refractivity contribution < 1.29 is 46.0 Å². The molecule has 0 heterocycles. The number of hydrogen-bond acceptors (Lipinski definition) is 2. The minimum atomic E-state index is -0.222. The molecule has 0 N–H and O–H groups in total. The van der Waals surface area contributed by atoms with Crippen LogP contribution in [0, 0.1) is 0 Å². The molecule has 4 heteroatoms. The number of allylic oxidation sites excluding steroid dienone is 1. The summed E-state index contributed by atoms with van der Waals surface area (Å²) in [6.45, 7) is 5.79. The van der Waals surface area contributed by atoms with Crippen LogP contribution in [0.2, 0.25) is 0 Å². The van der Waals surface area contributed by atoms with Crippen LogP contribution < -0.4 is 17.0 Å². The Balaban J connectivity index is -0.000000320. The van der Waals surface area contributed by atoms with Gasteiger partial charge in [-0.05, 0) is 20.8 Å². The summed E-state index contributed by atoms with van der Waals surface area (Å²) < 4.78 is 4.69. The van der Waals surface area contributed by atoms with E-state index in [1.165, 1.54) is 0 Å². The summed E-state index contributed by atoms with van der Waals surface area (Å²) in [4.78, 5) is 10.7. The number of halogens is 1. The van der Waals surface area contributed by atoms with E-state index in [2.05, 4.69) is 4.74 Å². The van der Waals surface area contributed by atoms with Gasteiger partial charge in [-0.15, -0.1) is 0 Å². The first-order valence-corrected chi connectivity index (χ1v) is 3.02. The molecule has 0 atom stereocenters. The minimum Gasteiger partial charge on any atom is -1.00 e. The largest absolute Gasteiger partial charge is 1.00 e. The average Bonchev–Trinajstić information content (AvgIpc) is 1.87. The molecule has 0 aliphatic rings. The van der Waals surface area contributed by atoms with Crippen molar-refractivity contribution >= 4 is 5.97 Å².